The van der Waals surface area contributed by atoms with Gasteiger partial charge in [-0.3, -0.25) is 9.59 Å². The molecule has 0 rings (SSSR count). The number of rotatable bonds is 8. The van der Waals surface area contributed by atoms with Crippen molar-refractivity contribution < 1.29 is 14.7 Å². The van der Waals surface area contributed by atoms with Crippen molar-refractivity contribution in [3.05, 3.63) is 12.7 Å². The quantitative estimate of drug-likeness (QED) is 0.457. The topological polar surface area (TPSA) is 66.4 Å². The fraction of sp³-hybridized carbons (Fsp3) is 0.600. The molecule has 0 aliphatic carbocycles. The van der Waals surface area contributed by atoms with Crippen LogP contribution in [0.15, 0.2) is 12.7 Å². The monoisotopic (exact) mass is 199 g/mol. The summed E-state index contributed by atoms with van der Waals surface area (Å²) in [6.07, 6.45) is 4.24. The Morgan fingerprint density at radius 2 is 1.93 bits per heavy atom. The standard InChI is InChI=1S/C10H17NO3/c1-2-3-8-11-9(12)6-4-5-7-10(13)14/h2H,1,3-8H2,(H,11,12)(H,13,14). The number of hydrogen-bond donors (Lipinski definition) is 2. The number of carboxylic acids is 1. The summed E-state index contributed by atoms with van der Waals surface area (Å²) in [4.78, 5) is 21.2. The molecule has 0 radical (unpaired) electrons. The van der Waals surface area contributed by atoms with Gasteiger partial charge in [-0.15, -0.1) is 6.58 Å². The maximum atomic E-state index is 11.1. The van der Waals surface area contributed by atoms with E-state index < -0.39 is 5.97 Å². The lowest BCUT2D eigenvalue weighted by atomic mass is 10.2. The molecule has 4 nitrogen and oxygen atoms in total. The average Bonchev–Trinajstić information content (AvgIpc) is 2.13. The highest BCUT2D eigenvalue weighted by Crippen LogP contribution is 1.99. The molecule has 0 fully saturated rings. The lowest BCUT2D eigenvalue weighted by Gasteiger charge is -2.02. The number of carbonyl (C=O) groups excluding carboxylic acids is 1. The van der Waals surface area contributed by atoms with Crippen LogP contribution in [0.25, 0.3) is 0 Å². The molecule has 0 aliphatic rings. The third-order valence-corrected chi connectivity index (χ3v) is 1.72. The van der Waals surface area contributed by atoms with E-state index in [1.807, 2.05) is 0 Å². The highest BCUT2D eigenvalue weighted by molar-refractivity contribution is 5.75. The molecule has 0 atom stereocenters. The number of amides is 1. The molecular weight excluding hydrogens is 182 g/mol. The van der Waals surface area contributed by atoms with Crippen LogP contribution in [0.3, 0.4) is 0 Å². The van der Waals surface area contributed by atoms with Crippen LogP contribution >= 0.6 is 0 Å². The van der Waals surface area contributed by atoms with E-state index in [2.05, 4.69) is 11.9 Å². The number of carboxylic acid groups (broad SMARTS) is 1. The zero-order valence-corrected chi connectivity index (χ0v) is 8.29. The Kier molecular flexibility index (Phi) is 7.50. The minimum absolute atomic E-state index is 0.0164. The van der Waals surface area contributed by atoms with E-state index in [1.165, 1.54) is 0 Å². The van der Waals surface area contributed by atoms with E-state index >= 15 is 0 Å². The molecule has 14 heavy (non-hydrogen) atoms. The zero-order chi connectivity index (χ0) is 10.8. The molecule has 2 N–H and O–H groups in total. The van der Waals surface area contributed by atoms with E-state index in [-0.39, 0.29) is 12.3 Å². The van der Waals surface area contributed by atoms with Gasteiger partial charge in [0, 0.05) is 19.4 Å². The van der Waals surface area contributed by atoms with E-state index in [9.17, 15) is 9.59 Å². The first-order valence-corrected chi connectivity index (χ1v) is 4.76. The van der Waals surface area contributed by atoms with Gasteiger partial charge in [0.15, 0.2) is 0 Å². The second kappa shape index (κ2) is 8.29. The van der Waals surface area contributed by atoms with E-state index in [4.69, 9.17) is 5.11 Å². The first-order valence-electron chi connectivity index (χ1n) is 4.76. The molecule has 4 heteroatoms. The maximum absolute atomic E-state index is 11.1. The second-order valence-corrected chi connectivity index (χ2v) is 3.03. The van der Waals surface area contributed by atoms with Crippen LogP contribution in [0.1, 0.15) is 32.1 Å². The van der Waals surface area contributed by atoms with Gasteiger partial charge < -0.3 is 10.4 Å². The fourth-order valence-electron chi connectivity index (χ4n) is 0.964. The lowest BCUT2D eigenvalue weighted by Crippen LogP contribution is -2.23. The Bertz CT molecular complexity index is 202. The van der Waals surface area contributed by atoms with Crippen LogP contribution in [0.2, 0.25) is 0 Å². The predicted molar refractivity (Wildman–Crippen MR) is 53.9 cm³/mol. The van der Waals surface area contributed by atoms with Crippen molar-refractivity contribution in [2.45, 2.75) is 32.1 Å². The fourth-order valence-corrected chi connectivity index (χ4v) is 0.964. The van der Waals surface area contributed by atoms with Gasteiger partial charge in [-0.1, -0.05) is 6.08 Å². The molecule has 0 bridgehead atoms. The molecule has 0 saturated heterocycles. The van der Waals surface area contributed by atoms with Crippen molar-refractivity contribution in [2.75, 3.05) is 6.54 Å². The highest BCUT2D eigenvalue weighted by atomic mass is 16.4. The summed E-state index contributed by atoms with van der Waals surface area (Å²) in [6.45, 7) is 4.15. The van der Waals surface area contributed by atoms with Gasteiger partial charge in [0.2, 0.25) is 5.91 Å². The molecule has 1 amide bonds. The van der Waals surface area contributed by atoms with Gasteiger partial charge in [-0.05, 0) is 19.3 Å². The first kappa shape index (κ1) is 12.7. The predicted octanol–water partition coefficient (Wildman–Crippen LogP) is 1.32. The molecule has 0 aliphatic heterocycles. The van der Waals surface area contributed by atoms with Gasteiger partial charge >= 0.3 is 5.97 Å². The maximum Gasteiger partial charge on any atom is 0.303 e. The summed E-state index contributed by atoms with van der Waals surface area (Å²) in [7, 11) is 0. The van der Waals surface area contributed by atoms with Gasteiger partial charge in [-0.25, -0.2) is 0 Å². The van der Waals surface area contributed by atoms with Crippen LogP contribution in [0.4, 0.5) is 0 Å². The number of carbonyl (C=O) groups is 2. The van der Waals surface area contributed by atoms with Crippen LogP contribution in [-0.4, -0.2) is 23.5 Å². The minimum Gasteiger partial charge on any atom is -0.481 e. The summed E-state index contributed by atoms with van der Waals surface area (Å²) < 4.78 is 0. The van der Waals surface area contributed by atoms with E-state index in [0.717, 1.165) is 6.42 Å². The lowest BCUT2D eigenvalue weighted by molar-refractivity contribution is -0.137. The molecule has 0 aromatic rings. The Morgan fingerprint density at radius 1 is 1.29 bits per heavy atom. The Balaban J connectivity index is 3.26. The molecule has 0 unspecified atom stereocenters. The molecule has 0 heterocycles. The van der Waals surface area contributed by atoms with Crippen LogP contribution in [0, 0.1) is 0 Å². The van der Waals surface area contributed by atoms with Crippen molar-refractivity contribution in [3.63, 3.8) is 0 Å². The molecule has 80 valence electrons. The van der Waals surface area contributed by atoms with Crippen molar-refractivity contribution in [1.29, 1.82) is 0 Å². The van der Waals surface area contributed by atoms with Crippen molar-refractivity contribution in [1.82, 2.24) is 5.32 Å². The van der Waals surface area contributed by atoms with Gasteiger partial charge in [0.05, 0.1) is 0 Å². The zero-order valence-electron chi connectivity index (χ0n) is 8.29. The number of unbranched alkanes of at least 4 members (excludes halogenated alkanes) is 1. The van der Waals surface area contributed by atoms with E-state index in [0.29, 0.717) is 25.8 Å². The van der Waals surface area contributed by atoms with Crippen molar-refractivity contribution in [3.8, 4) is 0 Å². The Hall–Kier alpha value is -1.32. The van der Waals surface area contributed by atoms with E-state index in [1.54, 1.807) is 6.08 Å². The summed E-state index contributed by atoms with van der Waals surface area (Å²) in [6, 6.07) is 0. The molecule has 0 aromatic carbocycles. The van der Waals surface area contributed by atoms with Crippen LogP contribution < -0.4 is 5.32 Å². The Morgan fingerprint density at radius 3 is 2.50 bits per heavy atom. The molecule has 0 spiro atoms. The first-order chi connectivity index (χ1) is 6.66. The van der Waals surface area contributed by atoms with Crippen molar-refractivity contribution >= 4 is 11.9 Å². The summed E-state index contributed by atoms with van der Waals surface area (Å²) in [5, 5.41) is 11.1. The Labute approximate surface area is 84.0 Å². The minimum atomic E-state index is -0.808. The third kappa shape index (κ3) is 8.77. The van der Waals surface area contributed by atoms with Crippen LogP contribution in [-0.2, 0) is 9.59 Å². The normalized spacial score (nSPS) is 9.43. The third-order valence-electron chi connectivity index (χ3n) is 1.72. The number of nitrogens with one attached hydrogen (secondary N) is 1. The average molecular weight is 199 g/mol. The number of aliphatic carboxylic acids is 1. The summed E-state index contributed by atoms with van der Waals surface area (Å²) >= 11 is 0. The SMILES string of the molecule is C=CCCNC(=O)CCCCC(=O)O. The van der Waals surface area contributed by atoms with Crippen molar-refractivity contribution in [2.24, 2.45) is 0 Å². The number of hydrogen-bond acceptors (Lipinski definition) is 2. The second-order valence-electron chi connectivity index (χ2n) is 3.03. The molecule has 0 saturated carbocycles. The van der Waals surface area contributed by atoms with Gasteiger partial charge in [0.1, 0.15) is 0 Å². The summed E-state index contributed by atoms with van der Waals surface area (Å²) in [5.41, 5.74) is 0. The molecular formula is C10H17NO3. The molecule has 0 aromatic heterocycles. The van der Waals surface area contributed by atoms with Gasteiger partial charge in [-0.2, -0.15) is 0 Å². The largest absolute Gasteiger partial charge is 0.481 e. The smallest absolute Gasteiger partial charge is 0.303 e. The van der Waals surface area contributed by atoms with Gasteiger partial charge in [0.25, 0.3) is 0 Å². The summed E-state index contributed by atoms with van der Waals surface area (Å²) in [5.74, 6) is -0.825. The highest BCUT2D eigenvalue weighted by Gasteiger charge is 2.01. The van der Waals surface area contributed by atoms with Crippen LogP contribution in [0.5, 0.6) is 0 Å².